The highest BCUT2D eigenvalue weighted by molar-refractivity contribution is 6.31. The van der Waals surface area contributed by atoms with Gasteiger partial charge in [-0.25, -0.2) is 4.68 Å². The van der Waals surface area contributed by atoms with Crippen LogP contribution in [0.25, 0.3) is 11.3 Å². The highest BCUT2D eigenvalue weighted by Gasteiger charge is 2.14. The minimum absolute atomic E-state index is 0.359. The van der Waals surface area contributed by atoms with E-state index in [0.29, 0.717) is 18.1 Å². The lowest BCUT2D eigenvalue weighted by Crippen LogP contribution is -2.08. The number of aryl methyl sites for hydroxylation is 2. The van der Waals surface area contributed by atoms with Gasteiger partial charge in [-0.05, 0) is 6.92 Å². The van der Waals surface area contributed by atoms with Crippen molar-refractivity contribution in [3.63, 3.8) is 0 Å². The molecule has 2 N–H and O–H groups in total. The van der Waals surface area contributed by atoms with Crippen LogP contribution in [-0.4, -0.2) is 34.6 Å². The zero-order valence-corrected chi connectivity index (χ0v) is 13.2. The first-order valence-electron chi connectivity index (χ1n) is 6.95. The number of aromatic nitrogens is 7. The lowest BCUT2D eigenvalue weighted by molar-refractivity contribution is 0.567. The molecule has 3 aromatic rings. The summed E-state index contributed by atoms with van der Waals surface area (Å²) in [6.07, 6.45) is 5.39. The molecule has 0 saturated heterocycles. The largest absolute Gasteiger partial charge is 0.325 e. The van der Waals surface area contributed by atoms with E-state index in [2.05, 4.69) is 20.5 Å². The first-order chi connectivity index (χ1) is 10.6. The summed E-state index contributed by atoms with van der Waals surface area (Å²) >= 11 is 6.17. The molecule has 0 aliphatic heterocycles. The van der Waals surface area contributed by atoms with E-state index < -0.39 is 0 Å². The van der Waals surface area contributed by atoms with Crippen LogP contribution < -0.4 is 5.73 Å². The van der Waals surface area contributed by atoms with Crippen LogP contribution in [0.4, 0.5) is 0 Å². The smallest absolute Gasteiger partial charge is 0.116 e. The SMILES string of the molecule is CCn1ncc(Cl)c1Cn1cc(-c2cn(C)nc2CN)nn1. The minimum atomic E-state index is 0.359. The Bertz CT molecular complexity index is 784. The predicted molar refractivity (Wildman–Crippen MR) is 82.1 cm³/mol. The Morgan fingerprint density at radius 2 is 2.14 bits per heavy atom. The second-order valence-corrected chi connectivity index (χ2v) is 5.33. The average molecular weight is 321 g/mol. The summed E-state index contributed by atoms with van der Waals surface area (Å²) in [7, 11) is 1.85. The third kappa shape index (κ3) is 2.62. The van der Waals surface area contributed by atoms with E-state index in [1.165, 1.54) is 0 Å². The highest BCUT2D eigenvalue weighted by Crippen LogP contribution is 2.21. The zero-order chi connectivity index (χ0) is 15.7. The molecule has 116 valence electrons. The molecular formula is C13H17ClN8. The summed E-state index contributed by atoms with van der Waals surface area (Å²) in [6, 6.07) is 0. The second kappa shape index (κ2) is 5.90. The van der Waals surface area contributed by atoms with Crippen molar-refractivity contribution in [1.82, 2.24) is 34.6 Å². The third-order valence-corrected chi connectivity index (χ3v) is 3.74. The van der Waals surface area contributed by atoms with E-state index in [9.17, 15) is 0 Å². The molecule has 0 aliphatic carbocycles. The van der Waals surface area contributed by atoms with Gasteiger partial charge in [0, 0.05) is 31.9 Å². The monoisotopic (exact) mass is 320 g/mol. The molecule has 0 fully saturated rings. The molecule has 0 atom stereocenters. The number of hydrogen-bond acceptors (Lipinski definition) is 5. The van der Waals surface area contributed by atoms with Gasteiger partial charge in [0.2, 0.25) is 0 Å². The van der Waals surface area contributed by atoms with Crippen LogP contribution in [0.15, 0.2) is 18.6 Å². The number of rotatable bonds is 5. The summed E-state index contributed by atoms with van der Waals surface area (Å²) < 4.78 is 5.30. The van der Waals surface area contributed by atoms with E-state index >= 15 is 0 Å². The predicted octanol–water partition coefficient (Wildman–Crippen LogP) is 1.06. The molecule has 3 aromatic heterocycles. The zero-order valence-electron chi connectivity index (χ0n) is 12.4. The molecule has 22 heavy (non-hydrogen) atoms. The molecule has 3 heterocycles. The number of nitrogens with two attached hydrogens (primary N) is 1. The Morgan fingerprint density at radius 1 is 1.32 bits per heavy atom. The summed E-state index contributed by atoms with van der Waals surface area (Å²) in [6.45, 7) is 3.64. The van der Waals surface area contributed by atoms with Crippen molar-refractivity contribution < 1.29 is 0 Å². The molecule has 3 rings (SSSR count). The van der Waals surface area contributed by atoms with Crippen molar-refractivity contribution in [3.8, 4) is 11.3 Å². The molecular weight excluding hydrogens is 304 g/mol. The third-order valence-electron chi connectivity index (χ3n) is 3.42. The molecule has 8 nitrogen and oxygen atoms in total. The first kappa shape index (κ1) is 14.7. The van der Waals surface area contributed by atoms with Gasteiger partial charge in [-0.2, -0.15) is 10.2 Å². The molecule has 9 heteroatoms. The summed E-state index contributed by atoms with van der Waals surface area (Å²) in [5.74, 6) is 0. The molecule has 0 amide bonds. The fourth-order valence-electron chi connectivity index (χ4n) is 2.37. The van der Waals surface area contributed by atoms with Crippen LogP contribution in [0, 0.1) is 0 Å². The maximum atomic E-state index is 6.17. The first-order valence-corrected chi connectivity index (χ1v) is 7.33. The van der Waals surface area contributed by atoms with Crippen LogP contribution in [-0.2, 0) is 26.7 Å². The molecule has 0 aliphatic rings. The van der Waals surface area contributed by atoms with Gasteiger partial charge in [-0.1, -0.05) is 16.8 Å². The van der Waals surface area contributed by atoms with Crippen LogP contribution in [0.5, 0.6) is 0 Å². The Balaban J connectivity index is 1.89. The van der Waals surface area contributed by atoms with Crippen molar-refractivity contribution in [2.75, 3.05) is 0 Å². The van der Waals surface area contributed by atoms with Crippen LogP contribution in [0.2, 0.25) is 5.02 Å². The van der Waals surface area contributed by atoms with Crippen molar-refractivity contribution in [2.45, 2.75) is 26.6 Å². The number of hydrogen-bond donors (Lipinski definition) is 1. The van der Waals surface area contributed by atoms with Crippen LogP contribution >= 0.6 is 11.6 Å². The fraction of sp³-hybridized carbons (Fsp3) is 0.385. The lowest BCUT2D eigenvalue weighted by Gasteiger charge is -2.04. The standard InChI is InChI=1S/C13H17ClN8/c1-3-22-13(10(14)5-16-22)8-21-7-12(17-19-21)9-6-20(2)18-11(9)4-15/h5-7H,3-4,8,15H2,1-2H3. The quantitative estimate of drug-likeness (QED) is 0.758. The molecule has 0 saturated carbocycles. The van der Waals surface area contributed by atoms with Crippen molar-refractivity contribution in [3.05, 3.63) is 35.0 Å². The van der Waals surface area contributed by atoms with E-state index in [-0.39, 0.29) is 0 Å². The molecule has 0 spiro atoms. The van der Waals surface area contributed by atoms with Gasteiger partial charge in [-0.15, -0.1) is 5.10 Å². The van der Waals surface area contributed by atoms with Gasteiger partial charge in [0.1, 0.15) is 5.69 Å². The van der Waals surface area contributed by atoms with E-state index in [0.717, 1.165) is 29.2 Å². The Morgan fingerprint density at radius 3 is 2.86 bits per heavy atom. The highest BCUT2D eigenvalue weighted by atomic mass is 35.5. The molecule has 0 unspecified atom stereocenters. The van der Waals surface area contributed by atoms with Gasteiger partial charge in [-0.3, -0.25) is 9.36 Å². The van der Waals surface area contributed by atoms with E-state index in [1.807, 2.05) is 31.0 Å². The Kier molecular flexibility index (Phi) is 3.95. The minimum Gasteiger partial charge on any atom is -0.325 e. The van der Waals surface area contributed by atoms with Gasteiger partial charge in [0.15, 0.2) is 0 Å². The van der Waals surface area contributed by atoms with Crippen LogP contribution in [0.3, 0.4) is 0 Å². The fourth-order valence-corrected chi connectivity index (χ4v) is 2.57. The normalized spacial score (nSPS) is 11.3. The maximum absolute atomic E-state index is 6.17. The topological polar surface area (TPSA) is 92.4 Å². The molecule has 0 radical (unpaired) electrons. The van der Waals surface area contributed by atoms with Crippen LogP contribution in [0.1, 0.15) is 18.3 Å². The molecule has 0 bridgehead atoms. The van der Waals surface area contributed by atoms with E-state index in [4.69, 9.17) is 17.3 Å². The summed E-state index contributed by atoms with van der Waals surface area (Å²) in [5.41, 5.74) is 9.06. The molecule has 0 aromatic carbocycles. The number of nitrogens with zero attached hydrogens (tertiary/aromatic N) is 7. The average Bonchev–Trinajstić information content (AvgIpc) is 3.19. The Hall–Kier alpha value is -2.19. The summed E-state index contributed by atoms with van der Waals surface area (Å²) in [5, 5.41) is 17.5. The maximum Gasteiger partial charge on any atom is 0.116 e. The van der Waals surface area contributed by atoms with Crippen molar-refractivity contribution >= 4 is 11.6 Å². The lowest BCUT2D eigenvalue weighted by atomic mass is 10.2. The Labute approximate surface area is 132 Å². The summed E-state index contributed by atoms with van der Waals surface area (Å²) in [4.78, 5) is 0. The van der Waals surface area contributed by atoms with Gasteiger partial charge in [0.25, 0.3) is 0 Å². The van der Waals surface area contributed by atoms with Crippen molar-refractivity contribution in [1.29, 1.82) is 0 Å². The second-order valence-electron chi connectivity index (χ2n) is 4.92. The van der Waals surface area contributed by atoms with Gasteiger partial charge < -0.3 is 5.73 Å². The van der Waals surface area contributed by atoms with Gasteiger partial charge >= 0.3 is 0 Å². The van der Waals surface area contributed by atoms with Crippen molar-refractivity contribution in [2.24, 2.45) is 12.8 Å². The number of halogens is 1. The van der Waals surface area contributed by atoms with E-state index in [1.54, 1.807) is 15.6 Å². The van der Waals surface area contributed by atoms with Gasteiger partial charge in [0.05, 0.1) is 35.3 Å².